The third-order valence-electron chi connectivity index (χ3n) is 3.69. The molecule has 0 saturated carbocycles. The number of hydrogen-bond acceptors (Lipinski definition) is 3. The first kappa shape index (κ1) is 12.0. The fourth-order valence-electron chi connectivity index (χ4n) is 2.71. The van der Waals surface area contributed by atoms with Gasteiger partial charge in [-0.3, -0.25) is 4.79 Å². The number of ether oxygens (including phenoxy) is 2. The Morgan fingerprint density at radius 2 is 1.81 bits per heavy atom. The van der Waals surface area contributed by atoms with Crippen LogP contribution in [0, 0.1) is 0 Å². The molecule has 2 heterocycles. The number of benzene rings is 2. The Labute approximate surface area is 121 Å². The Morgan fingerprint density at radius 1 is 1.00 bits per heavy atom. The molecule has 1 aliphatic heterocycles. The minimum Gasteiger partial charge on any atom is -0.486 e. The van der Waals surface area contributed by atoms with Gasteiger partial charge in [0.15, 0.2) is 17.8 Å². The van der Waals surface area contributed by atoms with Crippen molar-refractivity contribution in [2.24, 2.45) is 0 Å². The zero-order valence-electron chi connectivity index (χ0n) is 11.3. The number of para-hydroxylation sites is 1. The van der Waals surface area contributed by atoms with Crippen molar-refractivity contribution in [3.05, 3.63) is 48.0 Å². The molecule has 0 aliphatic carbocycles. The van der Waals surface area contributed by atoms with E-state index in [2.05, 4.69) is 4.98 Å². The molecule has 2 aromatic carbocycles. The fourth-order valence-corrected chi connectivity index (χ4v) is 2.71. The number of carbonyl (C=O) groups is 1. The van der Waals surface area contributed by atoms with Crippen molar-refractivity contribution in [1.82, 2.24) is 4.98 Å². The zero-order valence-corrected chi connectivity index (χ0v) is 11.3. The largest absolute Gasteiger partial charge is 0.486 e. The van der Waals surface area contributed by atoms with Gasteiger partial charge in [-0.1, -0.05) is 18.2 Å². The van der Waals surface area contributed by atoms with Crippen molar-refractivity contribution in [3.63, 3.8) is 0 Å². The van der Waals surface area contributed by atoms with Crippen LogP contribution in [0.2, 0.25) is 0 Å². The normalized spacial score (nSPS) is 13.3. The van der Waals surface area contributed by atoms with Crippen molar-refractivity contribution in [2.75, 3.05) is 13.2 Å². The molecule has 21 heavy (non-hydrogen) atoms. The van der Waals surface area contributed by atoms with Gasteiger partial charge in [0, 0.05) is 22.0 Å². The first-order chi connectivity index (χ1) is 10.4. The second-order valence-corrected chi connectivity index (χ2v) is 4.94. The minimum atomic E-state index is 0.545. The van der Waals surface area contributed by atoms with Crippen LogP contribution in [0.15, 0.2) is 42.5 Å². The van der Waals surface area contributed by atoms with Gasteiger partial charge < -0.3 is 14.5 Å². The highest BCUT2D eigenvalue weighted by atomic mass is 16.6. The topological polar surface area (TPSA) is 51.3 Å². The lowest BCUT2D eigenvalue weighted by atomic mass is 10.1. The van der Waals surface area contributed by atoms with Crippen LogP contribution in [-0.2, 0) is 0 Å². The molecule has 1 aliphatic rings. The average Bonchev–Trinajstić information content (AvgIpc) is 2.93. The van der Waals surface area contributed by atoms with Crippen LogP contribution in [-0.4, -0.2) is 24.5 Å². The molecule has 104 valence electrons. The molecule has 4 heteroatoms. The molecule has 3 aromatic rings. The van der Waals surface area contributed by atoms with E-state index in [4.69, 9.17) is 9.47 Å². The molecule has 1 aromatic heterocycles. The van der Waals surface area contributed by atoms with Crippen LogP contribution in [0.25, 0.3) is 22.2 Å². The number of aldehydes is 1. The van der Waals surface area contributed by atoms with Gasteiger partial charge in [-0.05, 0) is 24.3 Å². The van der Waals surface area contributed by atoms with Gasteiger partial charge in [0.2, 0.25) is 0 Å². The SMILES string of the molecule is O=Cc1c(-c2ccc3c(c2)OCCO3)[nH]c2ccccc12. The highest BCUT2D eigenvalue weighted by Gasteiger charge is 2.16. The number of aromatic amines is 1. The van der Waals surface area contributed by atoms with Gasteiger partial charge >= 0.3 is 0 Å². The molecule has 0 saturated heterocycles. The average molecular weight is 279 g/mol. The number of hydrogen-bond donors (Lipinski definition) is 1. The van der Waals surface area contributed by atoms with E-state index in [9.17, 15) is 4.79 Å². The lowest BCUT2D eigenvalue weighted by Crippen LogP contribution is -2.15. The third kappa shape index (κ3) is 1.88. The van der Waals surface area contributed by atoms with E-state index in [-0.39, 0.29) is 0 Å². The molecular weight excluding hydrogens is 266 g/mol. The Balaban J connectivity index is 1.91. The maximum absolute atomic E-state index is 11.5. The predicted molar refractivity (Wildman–Crippen MR) is 80.1 cm³/mol. The third-order valence-corrected chi connectivity index (χ3v) is 3.69. The summed E-state index contributed by atoms with van der Waals surface area (Å²) in [6.45, 7) is 1.11. The first-order valence-electron chi connectivity index (χ1n) is 6.83. The first-order valence-corrected chi connectivity index (χ1v) is 6.83. The van der Waals surface area contributed by atoms with Crippen LogP contribution in [0.4, 0.5) is 0 Å². The van der Waals surface area contributed by atoms with E-state index in [1.165, 1.54) is 0 Å². The molecule has 0 fully saturated rings. The summed E-state index contributed by atoms with van der Waals surface area (Å²) in [7, 11) is 0. The molecule has 4 nitrogen and oxygen atoms in total. The van der Waals surface area contributed by atoms with Gasteiger partial charge in [-0.15, -0.1) is 0 Å². The van der Waals surface area contributed by atoms with Gasteiger partial charge in [0.05, 0.1) is 5.69 Å². The van der Waals surface area contributed by atoms with Gasteiger partial charge in [0.1, 0.15) is 13.2 Å². The van der Waals surface area contributed by atoms with Crippen LogP contribution in [0.1, 0.15) is 10.4 Å². The molecule has 0 atom stereocenters. The summed E-state index contributed by atoms with van der Waals surface area (Å²) >= 11 is 0. The number of carbonyl (C=O) groups excluding carboxylic acids is 1. The summed E-state index contributed by atoms with van der Waals surface area (Å²) in [5, 5.41) is 0.928. The molecule has 4 rings (SSSR count). The summed E-state index contributed by atoms with van der Waals surface area (Å²) in [5.41, 5.74) is 3.34. The Bertz CT molecular complexity index is 835. The van der Waals surface area contributed by atoms with Crippen molar-refractivity contribution < 1.29 is 14.3 Å². The van der Waals surface area contributed by atoms with Crippen molar-refractivity contribution >= 4 is 17.2 Å². The molecule has 0 spiro atoms. The monoisotopic (exact) mass is 279 g/mol. The Hall–Kier alpha value is -2.75. The van der Waals surface area contributed by atoms with E-state index in [1.54, 1.807) is 0 Å². The number of nitrogens with one attached hydrogen (secondary N) is 1. The quantitative estimate of drug-likeness (QED) is 0.731. The van der Waals surface area contributed by atoms with Gasteiger partial charge in [0.25, 0.3) is 0 Å². The number of H-pyrrole nitrogens is 1. The summed E-state index contributed by atoms with van der Waals surface area (Å²) in [5.74, 6) is 1.46. The van der Waals surface area contributed by atoms with E-state index >= 15 is 0 Å². The van der Waals surface area contributed by atoms with Gasteiger partial charge in [-0.2, -0.15) is 0 Å². The summed E-state index contributed by atoms with van der Waals surface area (Å²) in [6, 6.07) is 13.5. The Morgan fingerprint density at radius 3 is 2.67 bits per heavy atom. The van der Waals surface area contributed by atoms with E-state index in [0.717, 1.165) is 34.2 Å². The molecule has 0 bridgehead atoms. The fraction of sp³-hybridized carbons (Fsp3) is 0.118. The molecule has 1 N–H and O–H groups in total. The van der Waals surface area contributed by atoms with E-state index in [1.807, 2.05) is 42.5 Å². The van der Waals surface area contributed by atoms with Gasteiger partial charge in [-0.25, -0.2) is 0 Å². The molecule has 0 unspecified atom stereocenters. The maximum atomic E-state index is 11.5. The summed E-state index contributed by atoms with van der Waals surface area (Å²) in [4.78, 5) is 14.8. The smallest absolute Gasteiger partial charge is 0.162 e. The lowest BCUT2D eigenvalue weighted by Gasteiger charge is -2.18. The Kier molecular flexibility index (Phi) is 2.67. The second kappa shape index (κ2) is 4.66. The second-order valence-electron chi connectivity index (χ2n) is 4.94. The zero-order chi connectivity index (χ0) is 14.2. The van der Waals surface area contributed by atoms with Crippen LogP contribution in [0.5, 0.6) is 11.5 Å². The summed E-state index contributed by atoms with van der Waals surface area (Å²) in [6.07, 6.45) is 0.894. The van der Waals surface area contributed by atoms with Crippen molar-refractivity contribution in [1.29, 1.82) is 0 Å². The highest BCUT2D eigenvalue weighted by molar-refractivity contribution is 6.04. The molecule has 0 radical (unpaired) electrons. The van der Waals surface area contributed by atoms with E-state index < -0.39 is 0 Å². The number of rotatable bonds is 2. The number of aromatic nitrogens is 1. The standard InChI is InChI=1S/C17H13NO3/c19-10-13-12-3-1-2-4-14(12)18-17(13)11-5-6-15-16(9-11)21-8-7-20-15/h1-6,9-10,18H,7-8H2. The molecular formula is C17H13NO3. The van der Waals surface area contributed by atoms with Crippen molar-refractivity contribution in [3.8, 4) is 22.8 Å². The predicted octanol–water partition coefficient (Wildman–Crippen LogP) is 3.42. The van der Waals surface area contributed by atoms with Crippen molar-refractivity contribution in [2.45, 2.75) is 0 Å². The molecule has 0 amide bonds. The maximum Gasteiger partial charge on any atom is 0.162 e. The highest BCUT2D eigenvalue weighted by Crippen LogP contribution is 2.36. The van der Waals surface area contributed by atoms with Crippen LogP contribution in [0.3, 0.4) is 0 Å². The lowest BCUT2D eigenvalue weighted by molar-refractivity contribution is 0.112. The van der Waals surface area contributed by atoms with Crippen LogP contribution >= 0.6 is 0 Å². The van der Waals surface area contributed by atoms with E-state index in [0.29, 0.717) is 24.5 Å². The van der Waals surface area contributed by atoms with Crippen LogP contribution < -0.4 is 9.47 Å². The minimum absolute atomic E-state index is 0.545. The summed E-state index contributed by atoms with van der Waals surface area (Å²) < 4.78 is 11.1. The number of fused-ring (bicyclic) bond motifs is 2.